The van der Waals surface area contributed by atoms with Gasteiger partial charge in [0, 0.05) is 12.1 Å². The highest BCUT2D eigenvalue weighted by Gasteiger charge is 2.29. The molecule has 2 unspecified atom stereocenters. The summed E-state index contributed by atoms with van der Waals surface area (Å²) in [6, 6.07) is 9.35. The maximum atomic E-state index is 11.1. The van der Waals surface area contributed by atoms with Crippen LogP contribution in [-0.4, -0.2) is 22.4 Å². The molecule has 1 aromatic rings. The standard InChI is InChI=1S/C9H13NO2S/c1-3-10(2,13(11)12)9-7-5-4-6-8-9/h4-8H,3H2,1-2H3/p+1. The lowest BCUT2D eigenvalue weighted by molar-refractivity contribution is 0.454. The fourth-order valence-corrected chi connectivity index (χ4v) is 1.65. The van der Waals surface area contributed by atoms with Crippen LogP contribution in [0.15, 0.2) is 30.3 Å². The minimum atomic E-state index is -1.88. The zero-order valence-electron chi connectivity index (χ0n) is 7.80. The summed E-state index contributed by atoms with van der Waals surface area (Å²) in [7, 11) is 1.74. The molecule has 0 aromatic heterocycles. The van der Waals surface area contributed by atoms with Gasteiger partial charge >= 0.3 is 11.3 Å². The van der Waals surface area contributed by atoms with Gasteiger partial charge in [-0.2, -0.15) is 8.10 Å². The summed E-state index contributed by atoms with van der Waals surface area (Å²) in [5.74, 6) is 0. The molecule has 4 heteroatoms. The lowest BCUT2D eigenvalue weighted by Gasteiger charge is -2.26. The zero-order chi connectivity index (χ0) is 9.90. The monoisotopic (exact) mass is 200 g/mol. The Morgan fingerprint density at radius 3 is 2.31 bits per heavy atom. The minimum absolute atomic E-state index is 0.0425. The van der Waals surface area contributed by atoms with Crippen molar-refractivity contribution >= 4 is 17.0 Å². The van der Waals surface area contributed by atoms with Crippen molar-refractivity contribution in [3.05, 3.63) is 30.3 Å². The first kappa shape index (κ1) is 10.4. The lowest BCUT2D eigenvalue weighted by Crippen LogP contribution is -2.46. The Kier molecular flexibility index (Phi) is 3.19. The van der Waals surface area contributed by atoms with E-state index in [0.29, 0.717) is 6.54 Å². The van der Waals surface area contributed by atoms with Crippen molar-refractivity contribution < 1.29 is 8.76 Å². The van der Waals surface area contributed by atoms with Crippen molar-refractivity contribution in [1.82, 2.24) is 3.89 Å². The summed E-state index contributed by atoms with van der Waals surface area (Å²) in [6.45, 7) is 2.48. The summed E-state index contributed by atoms with van der Waals surface area (Å²) in [4.78, 5) is 0. The molecule has 0 heterocycles. The van der Waals surface area contributed by atoms with Gasteiger partial charge in [0.15, 0.2) is 0 Å². The van der Waals surface area contributed by atoms with Gasteiger partial charge in [0.1, 0.15) is 5.69 Å². The maximum absolute atomic E-state index is 11.1. The molecule has 1 N–H and O–H groups in total. The van der Waals surface area contributed by atoms with Gasteiger partial charge < -0.3 is 0 Å². The van der Waals surface area contributed by atoms with Crippen molar-refractivity contribution in [3.63, 3.8) is 0 Å². The zero-order valence-corrected chi connectivity index (χ0v) is 8.62. The molecule has 0 spiro atoms. The van der Waals surface area contributed by atoms with Crippen molar-refractivity contribution in [2.45, 2.75) is 6.92 Å². The Balaban J connectivity index is 3.11. The second-order valence-electron chi connectivity index (χ2n) is 2.98. The van der Waals surface area contributed by atoms with Gasteiger partial charge in [0.05, 0.1) is 13.6 Å². The molecule has 0 aliphatic rings. The summed E-state index contributed by atoms with van der Waals surface area (Å²) in [6.07, 6.45) is 0. The van der Waals surface area contributed by atoms with Crippen molar-refractivity contribution in [2.24, 2.45) is 0 Å². The Bertz CT molecular complexity index is 302. The molecule has 0 bridgehead atoms. The van der Waals surface area contributed by atoms with Crippen LogP contribution in [0.2, 0.25) is 0 Å². The van der Waals surface area contributed by atoms with E-state index in [9.17, 15) is 4.21 Å². The highest BCUT2D eigenvalue weighted by Crippen LogP contribution is 2.21. The number of hydrogen-bond donors (Lipinski definition) is 1. The van der Waals surface area contributed by atoms with E-state index in [1.54, 1.807) is 7.05 Å². The third-order valence-electron chi connectivity index (χ3n) is 2.25. The van der Waals surface area contributed by atoms with Crippen LogP contribution >= 0.6 is 0 Å². The third kappa shape index (κ3) is 1.96. The van der Waals surface area contributed by atoms with Crippen molar-refractivity contribution in [2.75, 3.05) is 13.6 Å². The molecule has 0 aliphatic heterocycles. The fourth-order valence-electron chi connectivity index (χ4n) is 1.13. The second-order valence-corrected chi connectivity index (χ2v) is 4.25. The van der Waals surface area contributed by atoms with Gasteiger partial charge in [-0.15, -0.1) is 0 Å². The predicted octanol–water partition coefficient (Wildman–Crippen LogP) is 1.78. The molecule has 72 valence electrons. The molecular weight excluding hydrogens is 186 g/mol. The van der Waals surface area contributed by atoms with E-state index in [1.165, 1.54) is 0 Å². The van der Waals surface area contributed by atoms with E-state index in [-0.39, 0.29) is 3.89 Å². The molecule has 2 atom stereocenters. The van der Waals surface area contributed by atoms with Crippen LogP contribution < -0.4 is 3.89 Å². The first-order valence-electron chi connectivity index (χ1n) is 4.14. The predicted molar refractivity (Wildman–Crippen MR) is 55.5 cm³/mol. The SMILES string of the molecule is CC[N+](C)(c1ccccc1)S(=O)O. The summed E-state index contributed by atoms with van der Waals surface area (Å²) in [5, 5.41) is 0. The lowest BCUT2D eigenvalue weighted by atomic mass is 10.3. The molecule has 0 saturated heterocycles. The van der Waals surface area contributed by atoms with E-state index in [2.05, 4.69) is 0 Å². The molecule has 0 saturated carbocycles. The fraction of sp³-hybridized carbons (Fsp3) is 0.333. The van der Waals surface area contributed by atoms with Crippen molar-refractivity contribution in [3.8, 4) is 0 Å². The Hall–Kier alpha value is -0.710. The third-order valence-corrected chi connectivity index (χ3v) is 3.41. The Labute approximate surface area is 81.0 Å². The minimum Gasteiger partial charge on any atom is -0.260 e. The molecular formula is C9H14NO2S+. The topological polar surface area (TPSA) is 37.3 Å². The van der Waals surface area contributed by atoms with E-state index >= 15 is 0 Å². The number of hydrogen-bond acceptors (Lipinski definition) is 1. The van der Waals surface area contributed by atoms with Gasteiger partial charge in [0.2, 0.25) is 0 Å². The van der Waals surface area contributed by atoms with E-state index < -0.39 is 11.3 Å². The average Bonchev–Trinajstić information content (AvgIpc) is 2.17. The molecule has 1 rings (SSSR count). The van der Waals surface area contributed by atoms with Gasteiger partial charge in [0.25, 0.3) is 0 Å². The van der Waals surface area contributed by atoms with Gasteiger partial charge in [-0.3, -0.25) is 4.55 Å². The van der Waals surface area contributed by atoms with Crippen LogP contribution in [0.3, 0.4) is 0 Å². The normalized spacial score (nSPS) is 17.8. The molecule has 0 amide bonds. The smallest absolute Gasteiger partial charge is 0.260 e. The second kappa shape index (κ2) is 4.00. The number of rotatable bonds is 3. The number of para-hydroxylation sites is 1. The van der Waals surface area contributed by atoms with Crippen LogP contribution in [0, 0.1) is 0 Å². The number of benzene rings is 1. The molecule has 13 heavy (non-hydrogen) atoms. The van der Waals surface area contributed by atoms with Crippen LogP contribution in [-0.2, 0) is 11.3 Å². The highest BCUT2D eigenvalue weighted by molar-refractivity contribution is 7.78. The van der Waals surface area contributed by atoms with Crippen LogP contribution in [0.4, 0.5) is 5.69 Å². The maximum Gasteiger partial charge on any atom is 0.363 e. The van der Waals surface area contributed by atoms with Crippen molar-refractivity contribution in [1.29, 1.82) is 0 Å². The number of quaternary nitrogens is 1. The molecule has 1 aromatic carbocycles. The van der Waals surface area contributed by atoms with E-state index in [1.807, 2.05) is 37.3 Å². The Morgan fingerprint density at radius 2 is 1.92 bits per heavy atom. The summed E-state index contributed by atoms with van der Waals surface area (Å²) in [5.41, 5.74) is 0.853. The van der Waals surface area contributed by atoms with Gasteiger partial charge in [-0.1, -0.05) is 18.2 Å². The van der Waals surface area contributed by atoms with Gasteiger partial charge in [-0.25, -0.2) is 0 Å². The first-order valence-corrected chi connectivity index (χ1v) is 5.20. The molecule has 0 radical (unpaired) electrons. The van der Waals surface area contributed by atoms with Gasteiger partial charge in [-0.05, 0) is 6.92 Å². The molecule has 3 nitrogen and oxygen atoms in total. The highest BCUT2D eigenvalue weighted by atomic mass is 32.2. The van der Waals surface area contributed by atoms with Crippen LogP contribution in [0.5, 0.6) is 0 Å². The number of nitrogens with zero attached hydrogens (tertiary/aromatic N) is 1. The van der Waals surface area contributed by atoms with Crippen LogP contribution in [0.25, 0.3) is 0 Å². The quantitative estimate of drug-likeness (QED) is 0.596. The first-order chi connectivity index (χ1) is 6.11. The average molecular weight is 200 g/mol. The van der Waals surface area contributed by atoms with E-state index in [4.69, 9.17) is 4.55 Å². The van der Waals surface area contributed by atoms with E-state index in [0.717, 1.165) is 5.69 Å². The largest absolute Gasteiger partial charge is 0.363 e. The summed E-state index contributed by atoms with van der Waals surface area (Å²) < 4.78 is 20.3. The molecule has 0 fully saturated rings. The molecule has 0 aliphatic carbocycles. The Morgan fingerprint density at radius 1 is 1.38 bits per heavy atom. The van der Waals surface area contributed by atoms with Crippen LogP contribution in [0.1, 0.15) is 6.92 Å². The summed E-state index contributed by atoms with van der Waals surface area (Å²) >= 11 is -1.88.